The molecular weight excluding hydrogens is 512 g/mol. The molecule has 0 spiro atoms. The van der Waals surface area contributed by atoms with Crippen molar-refractivity contribution in [3.63, 3.8) is 0 Å². The summed E-state index contributed by atoms with van der Waals surface area (Å²) in [5.74, 6) is 2.55. The number of carbonyl (C=O) groups excluding carboxylic acids is 2. The summed E-state index contributed by atoms with van der Waals surface area (Å²) in [6.45, 7) is 37.7. The van der Waals surface area contributed by atoms with Crippen molar-refractivity contribution in [2.24, 2.45) is 10.8 Å². The van der Waals surface area contributed by atoms with Crippen LogP contribution < -0.4 is 0 Å². The van der Waals surface area contributed by atoms with E-state index in [1.165, 1.54) is 56.2 Å². The molecule has 0 aliphatic heterocycles. The number of terminal acetylenes is 1. The summed E-state index contributed by atoms with van der Waals surface area (Å²) in [4.78, 5) is 17.6. The van der Waals surface area contributed by atoms with Gasteiger partial charge in [0.15, 0.2) is 0 Å². The molecule has 0 bridgehead atoms. The first-order valence-corrected chi connectivity index (χ1v) is 16.3. The Kier molecular flexibility index (Phi) is 43.3. The highest BCUT2D eigenvalue weighted by atomic mass is 16.1. The Balaban J connectivity index is -0.000000112. The third kappa shape index (κ3) is 32.1. The highest BCUT2D eigenvalue weighted by Gasteiger charge is 2.23. The number of allylic oxidation sites excluding steroid dienone is 4. The first-order valence-electron chi connectivity index (χ1n) is 16.3. The van der Waals surface area contributed by atoms with E-state index in [0.717, 1.165) is 19.0 Å². The van der Waals surface area contributed by atoms with Crippen molar-refractivity contribution in [2.45, 2.75) is 162 Å². The third-order valence-corrected chi connectivity index (χ3v) is 7.30. The standard InChI is InChI=1S/C18H22.2C7H16.2C2H4O.2C2H6/c1-6-9-10-16(8-3)18(4,5)17-13-11-15(7-2)12-14-17;2*1-5-7(3,4)6-2;2*1-2-3;2*1-2/h1,8-14H,7H2,2-5H3;2*5-6H2,1-4H3;2*2H,1H3;2*1-2H3/b10-9-,16-8+;;;;;;. The van der Waals surface area contributed by atoms with Crippen LogP contribution in [-0.4, -0.2) is 12.6 Å². The monoisotopic (exact) mass is 587 g/mol. The maximum Gasteiger partial charge on any atom is 0.116 e. The van der Waals surface area contributed by atoms with Crippen LogP contribution in [0.5, 0.6) is 0 Å². The second-order valence-corrected chi connectivity index (χ2v) is 11.1. The lowest BCUT2D eigenvalue weighted by Gasteiger charge is -2.27. The van der Waals surface area contributed by atoms with E-state index in [1.807, 2.05) is 33.8 Å². The predicted molar refractivity (Wildman–Crippen MR) is 195 cm³/mol. The number of carbonyl (C=O) groups is 2. The van der Waals surface area contributed by atoms with Crippen molar-refractivity contribution in [1.29, 1.82) is 0 Å². The Bertz CT molecular complexity index is 763. The summed E-state index contributed by atoms with van der Waals surface area (Å²) in [6.07, 6.45) is 19.0. The number of aryl methyl sites for hydroxylation is 1. The van der Waals surface area contributed by atoms with E-state index >= 15 is 0 Å². The average molecular weight is 587 g/mol. The van der Waals surface area contributed by atoms with Crippen LogP contribution in [0.2, 0.25) is 0 Å². The van der Waals surface area contributed by atoms with Crippen molar-refractivity contribution in [3.05, 3.63) is 59.2 Å². The molecule has 2 heteroatoms. The van der Waals surface area contributed by atoms with Crippen molar-refractivity contribution in [2.75, 3.05) is 0 Å². The van der Waals surface area contributed by atoms with E-state index < -0.39 is 0 Å². The van der Waals surface area contributed by atoms with Gasteiger partial charge in [0, 0.05) is 5.41 Å². The highest BCUT2D eigenvalue weighted by molar-refractivity contribution is 5.44. The van der Waals surface area contributed by atoms with E-state index in [1.54, 1.807) is 6.08 Å². The maximum atomic E-state index is 8.81. The maximum absolute atomic E-state index is 8.81. The van der Waals surface area contributed by atoms with Gasteiger partial charge in [-0.3, -0.25) is 0 Å². The Morgan fingerprint density at radius 1 is 0.690 bits per heavy atom. The molecular formula is C40H74O2. The largest absolute Gasteiger partial charge is 0.304 e. The van der Waals surface area contributed by atoms with Gasteiger partial charge < -0.3 is 9.59 Å². The molecule has 0 atom stereocenters. The molecule has 2 nitrogen and oxygen atoms in total. The predicted octanol–water partition coefficient (Wildman–Crippen LogP) is 12.8. The molecule has 0 N–H and O–H groups in total. The molecule has 0 amide bonds. The fourth-order valence-corrected chi connectivity index (χ4v) is 2.63. The molecule has 42 heavy (non-hydrogen) atoms. The van der Waals surface area contributed by atoms with Crippen LogP contribution in [0.1, 0.15) is 161 Å². The van der Waals surface area contributed by atoms with Gasteiger partial charge in [0.2, 0.25) is 0 Å². The van der Waals surface area contributed by atoms with Crippen LogP contribution in [0.25, 0.3) is 0 Å². The number of hydrogen-bond acceptors (Lipinski definition) is 2. The van der Waals surface area contributed by atoms with Crippen LogP contribution in [0.4, 0.5) is 0 Å². The van der Waals surface area contributed by atoms with Gasteiger partial charge in [-0.25, -0.2) is 0 Å². The molecule has 1 rings (SSSR count). The van der Waals surface area contributed by atoms with Gasteiger partial charge in [0.05, 0.1) is 0 Å². The van der Waals surface area contributed by atoms with Crippen LogP contribution in [0.15, 0.2) is 48.1 Å². The average Bonchev–Trinajstić information content (AvgIpc) is 3.01. The minimum atomic E-state index is -0.0195. The lowest BCUT2D eigenvalue weighted by Crippen LogP contribution is -2.19. The van der Waals surface area contributed by atoms with Gasteiger partial charge in [-0.15, -0.1) is 6.42 Å². The lowest BCUT2D eigenvalue weighted by atomic mass is 9.77. The molecule has 0 fully saturated rings. The Labute approximate surface area is 266 Å². The quantitative estimate of drug-likeness (QED) is 0.172. The second kappa shape index (κ2) is 34.8. The molecule has 0 saturated carbocycles. The van der Waals surface area contributed by atoms with Crippen LogP contribution >= 0.6 is 0 Å². The fraction of sp³-hybridized carbons (Fsp3) is 0.650. The highest BCUT2D eigenvalue weighted by Crippen LogP contribution is 2.32. The zero-order valence-corrected chi connectivity index (χ0v) is 31.6. The van der Waals surface area contributed by atoms with Crippen LogP contribution in [-0.2, 0) is 21.4 Å². The first-order chi connectivity index (χ1) is 19.6. The van der Waals surface area contributed by atoms with Gasteiger partial charge >= 0.3 is 0 Å². The zero-order valence-electron chi connectivity index (χ0n) is 31.6. The molecule has 1 aromatic rings. The molecule has 0 unspecified atom stereocenters. The molecule has 1 aromatic carbocycles. The molecule has 0 aliphatic carbocycles. The minimum Gasteiger partial charge on any atom is -0.304 e. The van der Waals surface area contributed by atoms with Gasteiger partial charge in [0.25, 0.3) is 0 Å². The molecule has 0 radical (unpaired) electrons. The number of benzene rings is 1. The van der Waals surface area contributed by atoms with Crippen molar-refractivity contribution in [3.8, 4) is 12.3 Å². The number of aldehydes is 2. The Hall–Kier alpha value is -2.40. The van der Waals surface area contributed by atoms with Crippen molar-refractivity contribution >= 4 is 12.6 Å². The van der Waals surface area contributed by atoms with Crippen molar-refractivity contribution in [1.82, 2.24) is 0 Å². The first kappa shape index (κ1) is 52.3. The van der Waals surface area contributed by atoms with E-state index in [-0.39, 0.29) is 5.41 Å². The topological polar surface area (TPSA) is 34.1 Å². The van der Waals surface area contributed by atoms with Gasteiger partial charge in [-0.05, 0) is 60.8 Å². The summed E-state index contributed by atoms with van der Waals surface area (Å²) < 4.78 is 0. The molecule has 0 aliphatic rings. The summed E-state index contributed by atoms with van der Waals surface area (Å²) in [7, 11) is 0. The zero-order chi connectivity index (χ0) is 34.8. The molecule has 246 valence electrons. The molecule has 0 saturated heterocycles. The van der Waals surface area contributed by atoms with Gasteiger partial charge in [-0.2, -0.15) is 0 Å². The number of rotatable bonds is 8. The molecule has 0 heterocycles. The fourth-order valence-electron chi connectivity index (χ4n) is 2.63. The van der Waals surface area contributed by atoms with E-state index in [0.29, 0.717) is 10.8 Å². The number of hydrogen-bond donors (Lipinski definition) is 0. The van der Waals surface area contributed by atoms with Crippen LogP contribution in [0, 0.1) is 23.2 Å². The summed E-state index contributed by atoms with van der Waals surface area (Å²) in [5, 5.41) is 0. The summed E-state index contributed by atoms with van der Waals surface area (Å²) >= 11 is 0. The van der Waals surface area contributed by atoms with Gasteiger partial charge in [0.1, 0.15) is 12.6 Å². The summed E-state index contributed by atoms with van der Waals surface area (Å²) in [5.41, 5.74) is 5.07. The molecule has 0 aromatic heterocycles. The SMILES string of the molecule is C#C/C=C\C(=C/C)C(C)(C)c1ccc(CC)cc1.CC.CC.CC=O.CC=O.CCC(C)(C)CC.CCC(C)(C)CC. The lowest BCUT2D eigenvalue weighted by molar-refractivity contribution is -0.106. The van der Waals surface area contributed by atoms with E-state index in [9.17, 15) is 0 Å². The third-order valence-electron chi connectivity index (χ3n) is 7.30. The van der Waals surface area contributed by atoms with Crippen LogP contribution in [0.3, 0.4) is 0 Å². The Morgan fingerprint density at radius 3 is 1.19 bits per heavy atom. The Morgan fingerprint density at radius 2 is 1.00 bits per heavy atom. The smallest absolute Gasteiger partial charge is 0.116 e. The normalized spacial score (nSPS) is 10.4. The van der Waals surface area contributed by atoms with E-state index in [2.05, 4.69) is 119 Å². The summed E-state index contributed by atoms with van der Waals surface area (Å²) in [6, 6.07) is 8.84. The second-order valence-electron chi connectivity index (χ2n) is 11.1. The van der Waals surface area contributed by atoms with Gasteiger partial charge in [-0.1, -0.05) is 172 Å². The van der Waals surface area contributed by atoms with Crippen molar-refractivity contribution < 1.29 is 9.59 Å². The van der Waals surface area contributed by atoms with E-state index in [4.69, 9.17) is 16.0 Å². The minimum absolute atomic E-state index is 0.0195.